The summed E-state index contributed by atoms with van der Waals surface area (Å²) in [4.78, 5) is 80.6. The molecule has 2 heterocycles. The quantitative estimate of drug-likeness (QED) is 0.0242. The fourth-order valence-corrected chi connectivity index (χ4v) is 8.68. The topological polar surface area (TPSA) is 235 Å². The number of carbonyl (C=O) groups excluding carboxylic acids is 4. The van der Waals surface area contributed by atoms with Gasteiger partial charge in [0.05, 0.1) is 69.7 Å². The molecule has 0 saturated carbocycles. The lowest BCUT2D eigenvalue weighted by atomic mass is 10.0. The van der Waals surface area contributed by atoms with Gasteiger partial charge in [-0.2, -0.15) is 0 Å². The number of methoxy groups -OCH3 is 3. The second kappa shape index (κ2) is 25.5. The molecule has 5 aromatic rings. The lowest BCUT2D eigenvalue weighted by Crippen LogP contribution is -2.39. The number of unbranched alkanes of at least 4 members (excludes halogenated alkanes) is 2. The molecule has 0 bridgehead atoms. The number of hydrogen-bond donors (Lipinski definition) is 0. The van der Waals surface area contributed by atoms with Crippen LogP contribution in [0.1, 0.15) is 83.4 Å². The Balaban J connectivity index is 1.05. The van der Waals surface area contributed by atoms with Gasteiger partial charge in [0.2, 0.25) is 0 Å². The smallest absolute Gasteiger partial charge is 0.329 e. The molecule has 2 aliphatic heterocycles. The molecule has 0 aliphatic carbocycles. The van der Waals surface area contributed by atoms with Crippen molar-refractivity contribution in [3.63, 3.8) is 0 Å². The molecule has 0 spiro atoms. The van der Waals surface area contributed by atoms with Gasteiger partial charge in [-0.05, 0) is 97.3 Å². The Morgan fingerprint density at radius 1 is 0.566 bits per heavy atom. The van der Waals surface area contributed by atoms with Gasteiger partial charge in [0, 0.05) is 42.4 Å². The first-order valence-corrected chi connectivity index (χ1v) is 24.6. The first-order valence-electron chi connectivity index (χ1n) is 24.2. The summed E-state index contributed by atoms with van der Waals surface area (Å²) in [6.07, 6.45) is 4.43. The SMILES string of the molecule is CCOc1ccc(C2=CN(C(=O)c3cc(OC)c(OCCCCCOc4cc([N+](=O)[O-])c(C(=O)N5C=C(c6ccc(OCC)cc6)C[C@H]5C(=O)OC)cc4OCc4ccc(Cl)cc4)cc3[N+](=O)[O-])[C@H](C(=O)OC)C2)cc1. The molecule has 0 unspecified atom stereocenters. The Bertz CT molecular complexity index is 3020. The van der Waals surface area contributed by atoms with Gasteiger partial charge >= 0.3 is 11.9 Å². The predicted octanol–water partition coefficient (Wildman–Crippen LogP) is 10.0. The summed E-state index contributed by atoms with van der Waals surface area (Å²) >= 11 is 6.10. The maximum absolute atomic E-state index is 14.4. The molecule has 21 heteroatoms. The van der Waals surface area contributed by atoms with Crippen molar-refractivity contribution in [1.29, 1.82) is 0 Å². The van der Waals surface area contributed by atoms with Gasteiger partial charge in [-0.15, -0.1) is 0 Å². The van der Waals surface area contributed by atoms with Crippen LogP contribution in [0.15, 0.2) is 109 Å². The van der Waals surface area contributed by atoms with Crippen molar-refractivity contribution < 1.29 is 66.9 Å². The predicted molar refractivity (Wildman–Crippen MR) is 278 cm³/mol. The Kier molecular flexibility index (Phi) is 18.5. The number of amides is 2. The minimum atomic E-state index is -1.12. The number of ether oxygens (including phenoxy) is 8. The Hall–Kier alpha value is -8.65. The van der Waals surface area contributed by atoms with Crippen LogP contribution in [0.25, 0.3) is 11.1 Å². The monoisotopic (exact) mass is 1060 g/mol. The Labute approximate surface area is 442 Å². The summed E-state index contributed by atoms with van der Waals surface area (Å²) in [6.45, 7) is 4.72. The van der Waals surface area contributed by atoms with E-state index in [1.54, 1.807) is 72.8 Å². The van der Waals surface area contributed by atoms with E-state index in [1.807, 2.05) is 13.8 Å². The fraction of sp³-hybridized carbons (Fsp3) is 0.309. The van der Waals surface area contributed by atoms with Gasteiger partial charge in [0.15, 0.2) is 23.0 Å². The highest BCUT2D eigenvalue weighted by molar-refractivity contribution is 6.30. The third-order valence-corrected chi connectivity index (χ3v) is 12.6. The zero-order valence-corrected chi connectivity index (χ0v) is 43.1. The molecule has 2 aliphatic rings. The number of nitrogens with zero attached hydrogens (tertiary/aromatic N) is 4. The normalized spacial score (nSPS) is 14.8. The van der Waals surface area contributed by atoms with Crippen molar-refractivity contribution >= 4 is 57.9 Å². The number of benzene rings is 5. The van der Waals surface area contributed by atoms with Crippen LogP contribution in [-0.4, -0.2) is 103 Å². The van der Waals surface area contributed by atoms with Crippen LogP contribution in [0, 0.1) is 20.2 Å². The van der Waals surface area contributed by atoms with Crippen LogP contribution < -0.4 is 28.4 Å². The lowest BCUT2D eigenvalue weighted by Gasteiger charge is -2.22. The van der Waals surface area contributed by atoms with Crippen LogP contribution in [0.2, 0.25) is 5.02 Å². The number of nitro groups is 2. The lowest BCUT2D eigenvalue weighted by molar-refractivity contribution is -0.385. The third-order valence-electron chi connectivity index (χ3n) is 12.4. The molecule has 2 amide bonds. The molecule has 0 saturated heterocycles. The summed E-state index contributed by atoms with van der Waals surface area (Å²) in [6, 6.07) is 23.4. The molecule has 5 aromatic carbocycles. The molecule has 7 rings (SSSR count). The molecule has 398 valence electrons. The highest BCUT2D eigenvalue weighted by Crippen LogP contribution is 2.41. The van der Waals surface area contributed by atoms with E-state index < -0.39 is 57.1 Å². The van der Waals surface area contributed by atoms with Gasteiger partial charge < -0.3 is 37.9 Å². The summed E-state index contributed by atoms with van der Waals surface area (Å²) in [5, 5.41) is 25.6. The molecule has 0 fully saturated rings. The molecule has 0 aromatic heterocycles. The average molecular weight is 1060 g/mol. The van der Waals surface area contributed by atoms with Crippen LogP contribution in [0.4, 0.5) is 11.4 Å². The summed E-state index contributed by atoms with van der Waals surface area (Å²) in [5.41, 5.74) is 1.49. The minimum Gasteiger partial charge on any atom is -0.494 e. The van der Waals surface area contributed by atoms with E-state index in [2.05, 4.69) is 0 Å². The van der Waals surface area contributed by atoms with E-state index >= 15 is 0 Å². The van der Waals surface area contributed by atoms with E-state index in [1.165, 1.54) is 45.9 Å². The summed E-state index contributed by atoms with van der Waals surface area (Å²) in [7, 11) is 3.70. The highest BCUT2D eigenvalue weighted by Gasteiger charge is 2.41. The van der Waals surface area contributed by atoms with Crippen molar-refractivity contribution in [2.75, 3.05) is 47.8 Å². The van der Waals surface area contributed by atoms with Crippen molar-refractivity contribution in [3.8, 4) is 34.5 Å². The molecule has 2 atom stereocenters. The van der Waals surface area contributed by atoms with E-state index in [9.17, 15) is 39.4 Å². The number of halogens is 1. The van der Waals surface area contributed by atoms with Crippen molar-refractivity contribution in [2.24, 2.45) is 0 Å². The van der Waals surface area contributed by atoms with Crippen molar-refractivity contribution in [2.45, 2.75) is 64.6 Å². The van der Waals surface area contributed by atoms with Crippen LogP contribution in [0.3, 0.4) is 0 Å². The number of esters is 2. The van der Waals surface area contributed by atoms with E-state index in [0.717, 1.165) is 21.9 Å². The van der Waals surface area contributed by atoms with Crippen molar-refractivity contribution in [3.05, 3.63) is 163 Å². The average Bonchev–Trinajstić information content (AvgIpc) is 4.09. The second-order valence-electron chi connectivity index (χ2n) is 17.2. The number of nitro benzene ring substituents is 2. The summed E-state index contributed by atoms with van der Waals surface area (Å²) in [5.74, 6) is -1.80. The van der Waals surface area contributed by atoms with E-state index in [0.29, 0.717) is 76.8 Å². The highest BCUT2D eigenvalue weighted by atomic mass is 35.5. The first kappa shape index (κ1) is 55.1. The molecule has 20 nitrogen and oxygen atoms in total. The van der Waals surface area contributed by atoms with Crippen LogP contribution >= 0.6 is 11.6 Å². The van der Waals surface area contributed by atoms with Gasteiger partial charge in [-0.1, -0.05) is 48.0 Å². The zero-order chi connectivity index (χ0) is 54.5. The molecular weight excluding hydrogens is 1010 g/mol. The van der Waals surface area contributed by atoms with Crippen LogP contribution in [-0.2, 0) is 25.7 Å². The van der Waals surface area contributed by atoms with Gasteiger partial charge in [-0.3, -0.25) is 39.6 Å². The Morgan fingerprint density at radius 3 is 1.39 bits per heavy atom. The molecule has 76 heavy (non-hydrogen) atoms. The second-order valence-corrected chi connectivity index (χ2v) is 17.6. The van der Waals surface area contributed by atoms with Gasteiger partial charge in [-0.25, -0.2) is 9.59 Å². The zero-order valence-electron chi connectivity index (χ0n) is 42.3. The van der Waals surface area contributed by atoms with Crippen molar-refractivity contribution in [1.82, 2.24) is 9.80 Å². The standard InChI is InChI=1S/C55H55ClN4O16/c1-6-72-40-19-13-35(14-20-40)37-25-46(54(63)70-4)57(31-37)52(61)42-27-48(69-3)50(29-44(42)59(65)66)74-23-9-8-10-24-75-51-30-45(60(67)68)43(28-49(51)76-33-34-11-17-39(56)18-12-34)53(62)58-32-38(26-47(58)55(64)71-5)36-15-21-41(22-16-36)73-7-2/h11-22,27-32,46-47H,6-10,23-26,33H2,1-5H3/t46-,47-/m0/s1. The maximum Gasteiger partial charge on any atom is 0.329 e. The first-order chi connectivity index (χ1) is 36.7. The van der Waals surface area contributed by atoms with Gasteiger partial charge in [0.1, 0.15) is 41.3 Å². The van der Waals surface area contributed by atoms with Gasteiger partial charge in [0.25, 0.3) is 23.2 Å². The van der Waals surface area contributed by atoms with E-state index in [-0.39, 0.29) is 66.8 Å². The summed E-state index contributed by atoms with van der Waals surface area (Å²) < 4.78 is 44.8. The maximum atomic E-state index is 14.4. The fourth-order valence-electron chi connectivity index (χ4n) is 8.56. The largest absolute Gasteiger partial charge is 0.494 e. The van der Waals surface area contributed by atoms with E-state index in [4.69, 9.17) is 49.5 Å². The number of rotatable bonds is 24. The number of carbonyl (C=O) groups is 4. The van der Waals surface area contributed by atoms with Crippen LogP contribution in [0.5, 0.6) is 34.5 Å². The molecule has 0 N–H and O–H groups in total. The number of hydrogen-bond acceptors (Lipinski definition) is 16. The minimum absolute atomic E-state index is 0.00213. The third kappa shape index (κ3) is 13.0. The Morgan fingerprint density at radius 2 is 0.987 bits per heavy atom. The molecule has 0 radical (unpaired) electrons. The molecular formula is C55H55ClN4O16.